The molecular formula is C13H20N2O5S. The van der Waals surface area contributed by atoms with Gasteiger partial charge in [-0.2, -0.15) is 0 Å². The molecule has 7 nitrogen and oxygen atoms in total. The molecule has 0 radical (unpaired) electrons. The maximum Gasteiger partial charge on any atom is 0.288 e. The van der Waals surface area contributed by atoms with Crippen molar-refractivity contribution in [2.24, 2.45) is 0 Å². The minimum atomic E-state index is -1.28. The van der Waals surface area contributed by atoms with Gasteiger partial charge < -0.3 is 15.0 Å². The van der Waals surface area contributed by atoms with E-state index < -0.39 is 28.3 Å². The van der Waals surface area contributed by atoms with E-state index in [0.717, 1.165) is 16.7 Å². The van der Waals surface area contributed by atoms with Crippen molar-refractivity contribution in [3.8, 4) is 0 Å². The van der Waals surface area contributed by atoms with Gasteiger partial charge in [0.05, 0.1) is 17.8 Å². The molecule has 8 heteroatoms. The molecule has 3 atom stereocenters. The highest BCUT2D eigenvalue weighted by atomic mass is 32.2. The number of rotatable bonds is 2. The first kappa shape index (κ1) is 16.3. The van der Waals surface area contributed by atoms with Crippen LogP contribution in [0.4, 0.5) is 9.59 Å². The van der Waals surface area contributed by atoms with E-state index in [4.69, 9.17) is 0 Å². The van der Waals surface area contributed by atoms with E-state index in [1.54, 1.807) is 20.8 Å². The number of carbonyl (C=O) groups is 3. The molecule has 21 heavy (non-hydrogen) atoms. The lowest BCUT2D eigenvalue weighted by atomic mass is 9.99. The van der Waals surface area contributed by atoms with E-state index in [2.05, 4.69) is 0 Å². The molecule has 1 N–H and O–H groups in total. The minimum Gasteiger partial charge on any atom is -0.498 e. The van der Waals surface area contributed by atoms with Gasteiger partial charge in [-0.15, -0.1) is 0 Å². The van der Waals surface area contributed by atoms with Crippen molar-refractivity contribution in [2.45, 2.75) is 44.9 Å². The Morgan fingerprint density at radius 1 is 1.48 bits per heavy atom. The molecule has 0 saturated carbocycles. The molecule has 118 valence electrons. The molecule has 0 aromatic heterocycles. The lowest BCUT2D eigenvalue weighted by Crippen LogP contribution is -2.71. The second-order valence-electron chi connectivity index (χ2n) is 6.59. The fraction of sp³-hybridized carbons (Fsp3) is 0.769. The van der Waals surface area contributed by atoms with Crippen molar-refractivity contribution in [1.29, 1.82) is 0 Å². The van der Waals surface area contributed by atoms with Gasteiger partial charge in [0, 0.05) is 6.42 Å². The lowest BCUT2D eigenvalue weighted by molar-refractivity contribution is -0.930. The third kappa shape index (κ3) is 2.56. The normalized spacial score (nSPS) is 33.8. The fourth-order valence-electron chi connectivity index (χ4n) is 3.35. The van der Waals surface area contributed by atoms with Gasteiger partial charge >= 0.3 is 0 Å². The zero-order chi connectivity index (χ0) is 16.0. The largest absolute Gasteiger partial charge is 0.498 e. The first-order valence-corrected chi connectivity index (χ1v) is 7.82. The number of quaternary nitrogens is 1. The first-order valence-electron chi connectivity index (χ1n) is 6.84. The summed E-state index contributed by atoms with van der Waals surface area (Å²) in [6, 6.07) is -0.559. The number of thioether (sulfide) groups is 1. The maximum absolute atomic E-state index is 11.8. The summed E-state index contributed by atoms with van der Waals surface area (Å²) < 4.78 is -0.449. The second kappa shape index (κ2) is 5.26. The SMILES string of the molecule is CC(C)(C)[N+]1(C(=O)[O-])C[C@H](O)C[C@H]1CN1C(=O)CSC1=O. The van der Waals surface area contributed by atoms with Crippen LogP contribution in [-0.4, -0.2) is 68.3 Å². The molecule has 0 spiro atoms. The standard InChI is InChI=1S/C13H20N2O5S/c1-13(2,3)15(12(19)20)6-9(16)4-8(15)5-14-10(17)7-21-11(14)18/h8-9,16H,4-7H2,1-3H3/t8-,9+,15?/m0/s1. The predicted molar refractivity (Wildman–Crippen MR) is 74.3 cm³/mol. The monoisotopic (exact) mass is 316 g/mol. The number of aliphatic hydroxyl groups excluding tert-OH is 1. The Morgan fingerprint density at radius 3 is 2.52 bits per heavy atom. The Kier molecular flexibility index (Phi) is 4.07. The molecule has 2 aliphatic rings. The summed E-state index contributed by atoms with van der Waals surface area (Å²) in [7, 11) is 0. The van der Waals surface area contributed by atoms with Crippen LogP contribution < -0.4 is 5.11 Å². The highest BCUT2D eigenvalue weighted by Crippen LogP contribution is 2.37. The van der Waals surface area contributed by atoms with Crippen molar-refractivity contribution < 1.29 is 29.1 Å². The molecule has 0 aromatic carbocycles. The first-order chi connectivity index (χ1) is 9.59. The molecule has 0 aliphatic carbocycles. The third-order valence-electron chi connectivity index (χ3n) is 4.42. The molecule has 2 saturated heterocycles. The number of aliphatic hydroxyl groups is 1. The summed E-state index contributed by atoms with van der Waals surface area (Å²) >= 11 is 0.919. The zero-order valence-electron chi connectivity index (χ0n) is 12.4. The number of imide groups is 1. The van der Waals surface area contributed by atoms with Gasteiger partial charge in [0.2, 0.25) is 5.91 Å². The van der Waals surface area contributed by atoms with Crippen LogP contribution in [0.2, 0.25) is 0 Å². The number of hydrogen-bond acceptors (Lipinski definition) is 6. The molecule has 2 aliphatic heterocycles. The van der Waals surface area contributed by atoms with Gasteiger partial charge in [0.15, 0.2) is 0 Å². The molecule has 1 unspecified atom stereocenters. The Morgan fingerprint density at radius 2 is 2.10 bits per heavy atom. The van der Waals surface area contributed by atoms with Crippen molar-refractivity contribution in [3.05, 3.63) is 0 Å². The van der Waals surface area contributed by atoms with Gasteiger partial charge in [-0.3, -0.25) is 19.0 Å². The van der Waals surface area contributed by atoms with Crippen LogP contribution in [0, 0.1) is 0 Å². The lowest BCUT2D eigenvalue weighted by Gasteiger charge is -2.49. The Bertz CT molecular complexity index is 473. The Balaban J connectivity index is 2.33. The Hall–Kier alpha value is -1.12. The quantitative estimate of drug-likeness (QED) is 0.707. The molecule has 2 heterocycles. The van der Waals surface area contributed by atoms with E-state index in [0.29, 0.717) is 0 Å². The summed E-state index contributed by atoms with van der Waals surface area (Å²) in [5.41, 5.74) is -0.708. The smallest absolute Gasteiger partial charge is 0.288 e. The van der Waals surface area contributed by atoms with Crippen molar-refractivity contribution in [3.63, 3.8) is 0 Å². The van der Waals surface area contributed by atoms with Gasteiger partial charge in [-0.05, 0) is 20.8 Å². The van der Waals surface area contributed by atoms with Crippen molar-refractivity contribution >= 4 is 29.0 Å². The van der Waals surface area contributed by atoms with E-state index >= 15 is 0 Å². The highest BCUT2D eigenvalue weighted by molar-refractivity contribution is 8.14. The number of hydrogen-bond donors (Lipinski definition) is 1. The number of likely N-dealkylation sites (tertiary alicyclic amines) is 1. The fourth-order valence-corrected chi connectivity index (χ4v) is 4.09. The van der Waals surface area contributed by atoms with Crippen LogP contribution in [0.15, 0.2) is 0 Å². The summed E-state index contributed by atoms with van der Waals surface area (Å²) in [5.74, 6) is -0.216. The molecule has 2 rings (SSSR count). The Labute approximate surface area is 127 Å². The predicted octanol–water partition coefficient (Wildman–Crippen LogP) is -0.226. The van der Waals surface area contributed by atoms with Gasteiger partial charge in [-0.25, -0.2) is 0 Å². The van der Waals surface area contributed by atoms with E-state index in [-0.39, 0.29) is 36.4 Å². The second-order valence-corrected chi connectivity index (χ2v) is 7.52. The van der Waals surface area contributed by atoms with Crippen LogP contribution in [0.3, 0.4) is 0 Å². The number of nitrogens with zero attached hydrogens (tertiary/aromatic N) is 2. The van der Waals surface area contributed by atoms with E-state index in [1.165, 1.54) is 0 Å². The average Bonchev–Trinajstić information content (AvgIpc) is 2.84. The highest BCUT2D eigenvalue weighted by Gasteiger charge is 2.56. The number of carbonyl (C=O) groups excluding carboxylic acids is 3. The van der Waals surface area contributed by atoms with Crippen LogP contribution >= 0.6 is 11.8 Å². The number of amides is 3. The van der Waals surface area contributed by atoms with Crippen LogP contribution in [0.25, 0.3) is 0 Å². The van der Waals surface area contributed by atoms with Crippen LogP contribution in [-0.2, 0) is 4.79 Å². The van der Waals surface area contributed by atoms with Gasteiger partial charge in [0.25, 0.3) is 11.3 Å². The topological polar surface area (TPSA) is 97.7 Å². The summed E-state index contributed by atoms with van der Waals surface area (Å²) in [6.07, 6.45) is -1.84. The summed E-state index contributed by atoms with van der Waals surface area (Å²) in [6.45, 7) is 5.31. The summed E-state index contributed by atoms with van der Waals surface area (Å²) in [5, 5.41) is 21.4. The molecular weight excluding hydrogens is 296 g/mol. The summed E-state index contributed by atoms with van der Waals surface area (Å²) in [4.78, 5) is 36.4. The molecule has 3 amide bonds. The third-order valence-corrected chi connectivity index (χ3v) is 5.28. The van der Waals surface area contributed by atoms with E-state index in [9.17, 15) is 24.6 Å². The van der Waals surface area contributed by atoms with E-state index in [1.807, 2.05) is 0 Å². The van der Waals surface area contributed by atoms with Gasteiger partial charge in [0.1, 0.15) is 18.7 Å². The van der Waals surface area contributed by atoms with Crippen LogP contribution in [0.1, 0.15) is 27.2 Å². The minimum absolute atomic E-state index is 0.00692. The van der Waals surface area contributed by atoms with Crippen molar-refractivity contribution in [1.82, 2.24) is 4.90 Å². The maximum atomic E-state index is 11.8. The molecule has 0 aromatic rings. The average molecular weight is 316 g/mol. The molecule has 0 bridgehead atoms. The number of carboxylic acid groups (broad SMARTS) is 1. The molecule has 2 fully saturated rings. The van der Waals surface area contributed by atoms with Gasteiger partial charge in [-0.1, -0.05) is 11.8 Å². The zero-order valence-corrected chi connectivity index (χ0v) is 13.2. The van der Waals surface area contributed by atoms with Crippen molar-refractivity contribution in [2.75, 3.05) is 18.8 Å². The van der Waals surface area contributed by atoms with Crippen LogP contribution in [0.5, 0.6) is 0 Å².